The number of nitriles is 1. The van der Waals surface area contributed by atoms with Gasteiger partial charge in [-0.2, -0.15) is 5.26 Å². The van der Waals surface area contributed by atoms with Gasteiger partial charge in [0.1, 0.15) is 18.4 Å². The molecular formula is C24H21N3O3S. The fraction of sp³-hybridized carbons (Fsp3) is 0.167. The van der Waals surface area contributed by atoms with Gasteiger partial charge in [-0.3, -0.25) is 4.40 Å². The smallest absolute Gasteiger partial charge is 0.175 e. The average molecular weight is 432 g/mol. The minimum Gasteiger partial charge on any atom is -0.489 e. The number of imidazole rings is 1. The van der Waals surface area contributed by atoms with Gasteiger partial charge in [-0.1, -0.05) is 31.2 Å². The van der Waals surface area contributed by atoms with E-state index in [-0.39, 0.29) is 4.90 Å². The number of aryl methyl sites for hydroxylation is 1. The Bertz CT molecular complexity index is 1400. The summed E-state index contributed by atoms with van der Waals surface area (Å²) in [4.78, 5) is 4.97. The van der Waals surface area contributed by atoms with Crippen LogP contribution in [-0.2, 0) is 22.9 Å². The third-order valence-electron chi connectivity index (χ3n) is 5.04. The van der Waals surface area contributed by atoms with Crippen LogP contribution in [0.5, 0.6) is 5.75 Å². The first kappa shape index (κ1) is 20.6. The Kier molecular flexibility index (Phi) is 5.49. The Morgan fingerprint density at radius 3 is 2.55 bits per heavy atom. The third-order valence-corrected chi connectivity index (χ3v) is 6.17. The van der Waals surface area contributed by atoms with Crippen molar-refractivity contribution in [2.75, 3.05) is 6.26 Å². The van der Waals surface area contributed by atoms with Gasteiger partial charge in [-0.05, 0) is 48.4 Å². The summed E-state index contributed by atoms with van der Waals surface area (Å²) in [5.41, 5.74) is 4.86. The van der Waals surface area contributed by atoms with Crippen LogP contribution in [0.2, 0.25) is 0 Å². The van der Waals surface area contributed by atoms with Crippen molar-refractivity contribution >= 4 is 15.5 Å². The zero-order chi connectivity index (χ0) is 22.0. The molecule has 4 aromatic rings. The summed E-state index contributed by atoms with van der Waals surface area (Å²) < 4.78 is 31.1. The van der Waals surface area contributed by atoms with E-state index in [1.807, 2.05) is 47.9 Å². The molecule has 31 heavy (non-hydrogen) atoms. The highest BCUT2D eigenvalue weighted by Crippen LogP contribution is 2.29. The van der Waals surface area contributed by atoms with Gasteiger partial charge in [0.25, 0.3) is 0 Å². The molecule has 7 heteroatoms. The molecule has 2 aromatic heterocycles. The summed E-state index contributed by atoms with van der Waals surface area (Å²) in [6, 6.07) is 20.2. The number of aromatic nitrogens is 2. The zero-order valence-electron chi connectivity index (χ0n) is 17.2. The fourth-order valence-electron chi connectivity index (χ4n) is 3.49. The minimum absolute atomic E-state index is 0.287. The molecule has 0 aliphatic carbocycles. The van der Waals surface area contributed by atoms with Crippen LogP contribution in [0.1, 0.15) is 23.7 Å². The van der Waals surface area contributed by atoms with Crippen molar-refractivity contribution in [3.05, 3.63) is 83.7 Å². The van der Waals surface area contributed by atoms with Gasteiger partial charge in [0.15, 0.2) is 15.5 Å². The molecule has 0 atom stereocenters. The van der Waals surface area contributed by atoms with E-state index in [0.29, 0.717) is 23.6 Å². The van der Waals surface area contributed by atoms with E-state index in [1.54, 1.807) is 30.3 Å². The normalized spacial score (nSPS) is 11.4. The second-order valence-corrected chi connectivity index (χ2v) is 9.24. The summed E-state index contributed by atoms with van der Waals surface area (Å²) in [6.45, 7) is 2.36. The predicted molar refractivity (Wildman–Crippen MR) is 119 cm³/mol. The Balaban J connectivity index is 1.63. The van der Waals surface area contributed by atoms with Crippen LogP contribution >= 0.6 is 0 Å². The molecule has 0 spiro atoms. The number of hydrogen-bond acceptors (Lipinski definition) is 5. The number of ether oxygens (including phenoxy) is 1. The summed E-state index contributed by atoms with van der Waals surface area (Å²) in [7, 11) is -3.22. The number of benzene rings is 2. The standard InChI is InChI=1S/C24H21N3O3S/c1-3-22-23(27-13-5-7-19(15-25)24(27)26-22)18-6-4-8-20(14-18)30-16-17-9-11-21(12-10-17)31(2,28)29/h4-14H,3,16H2,1-2H3. The van der Waals surface area contributed by atoms with E-state index in [1.165, 1.54) is 6.26 Å². The van der Waals surface area contributed by atoms with Crippen LogP contribution < -0.4 is 4.74 Å². The van der Waals surface area contributed by atoms with Crippen LogP contribution in [0.15, 0.2) is 71.8 Å². The summed E-state index contributed by atoms with van der Waals surface area (Å²) in [5.74, 6) is 0.693. The van der Waals surface area contributed by atoms with Gasteiger partial charge in [0.05, 0.1) is 21.8 Å². The van der Waals surface area contributed by atoms with E-state index in [2.05, 4.69) is 11.1 Å². The molecule has 2 aromatic carbocycles. The first-order chi connectivity index (χ1) is 14.9. The van der Waals surface area contributed by atoms with Gasteiger partial charge in [-0.15, -0.1) is 0 Å². The Morgan fingerprint density at radius 2 is 1.87 bits per heavy atom. The summed E-state index contributed by atoms with van der Waals surface area (Å²) in [6.07, 6.45) is 3.84. The molecule has 0 aliphatic rings. The maximum atomic E-state index is 11.6. The van der Waals surface area contributed by atoms with Crippen molar-refractivity contribution in [2.45, 2.75) is 24.8 Å². The van der Waals surface area contributed by atoms with Gasteiger partial charge < -0.3 is 4.74 Å². The van der Waals surface area contributed by atoms with E-state index in [4.69, 9.17) is 4.74 Å². The molecule has 0 N–H and O–H groups in total. The highest BCUT2D eigenvalue weighted by Gasteiger charge is 2.15. The van der Waals surface area contributed by atoms with Crippen LogP contribution in [0.4, 0.5) is 0 Å². The van der Waals surface area contributed by atoms with Crippen molar-refractivity contribution in [2.24, 2.45) is 0 Å². The van der Waals surface area contributed by atoms with E-state index < -0.39 is 9.84 Å². The van der Waals surface area contributed by atoms with Crippen molar-refractivity contribution < 1.29 is 13.2 Å². The number of nitrogens with zero attached hydrogens (tertiary/aromatic N) is 3. The first-order valence-corrected chi connectivity index (χ1v) is 11.7. The largest absolute Gasteiger partial charge is 0.489 e. The molecule has 156 valence electrons. The molecule has 0 saturated heterocycles. The number of fused-ring (bicyclic) bond motifs is 1. The average Bonchev–Trinajstić information content (AvgIpc) is 3.16. The Labute approximate surface area is 181 Å². The fourth-order valence-corrected chi connectivity index (χ4v) is 4.12. The quantitative estimate of drug-likeness (QED) is 0.451. The monoisotopic (exact) mass is 431 g/mol. The second kappa shape index (κ2) is 8.25. The maximum Gasteiger partial charge on any atom is 0.175 e. The summed E-state index contributed by atoms with van der Waals surface area (Å²) in [5, 5.41) is 9.41. The van der Waals surface area contributed by atoms with E-state index >= 15 is 0 Å². The second-order valence-electron chi connectivity index (χ2n) is 7.22. The number of pyridine rings is 1. The molecule has 0 aliphatic heterocycles. The predicted octanol–water partition coefficient (Wildman–Crippen LogP) is 4.42. The lowest BCUT2D eigenvalue weighted by molar-refractivity contribution is 0.306. The Morgan fingerprint density at radius 1 is 1.10 bits per heavy atom. The number of hydrogen-bond donors (Lipinski definition) is 0. The highest BCUT2D eigenvalue weighted by molar-refractivity contribution is 7.90. The lowest BCUT2D eigenvalue weighted by atomic mass is 10.1. The number of rotatable bonds is 6. The van der Waals surface area contributed by atoms with Gasteiger partial charge >= 0.3 is 0 Å². The van der Waals surface area contributed by atoms with Crippen LogP contribution in [0.25, 0.3) is 16.9 Å². The highest BCUT2D eigenvalue weighted by atomic mass is 32.2. The van der Waals surface area contributed by atoms with Crippen molar-refractivity contribution in [1.29, 1.82) is 5.26 Å². The van der Waals surface area contributed by atoms with Crippen LogP contribution in [0, 0.1) is 11.3 Å². The zero-order valence-corrected chi connectivity index (χ0v) is 18.1. The van der Waals surface area contributed by atoms with Crippen molar-refractivity contribution in [3.63, 3.8) is 0 Å². The van der Waals surface area contributed by atoms with Gasteiger partial charge in [0, 0.05) is 18.0 Å². The van der Waals surface area contributed by atoms with E-state index in [9.17, 15) is 13.7 Å². The van der Waals surface area contributed by atoms with Gasteiger partial charge in [-0.25, -0.2) is 13.4 Å². The molecular weight excluding hydrogens is 410 g/mol. The summed E-state index contributed by atoms with van der Waals surface area (Å²) >= 11 is 0. The Hall–Kier alpha value is -3.63. The van der Waals surface area contributed by atoms with Gasteiger partial charge in [0.2, 0.25) is 0 Å². The van der Waals surface area contributed by atoms with Crippen molar-refractivity contribution in [1.82, 2.24) is 9.38 Å². The number of sulfone groups is 1. The van der Waals surface area contributed by atoms with E-state index in [0.717, 1.165) is 28.9 Å². The molecule has 0 unspecified atom stereocenters. The first-order valence-electron chi connectivity index (χ1n) is 9.83. The SMILES string of the molecule is CCc1nc2c(C#N)cccn2c1-c1cccc(OCc2ccc(S(C)(=O)=O)cc2)c1. The van der Waals surface area contributed by atoms with Crippen LogP contribution in [-0.4, -0.2) is 24.1 Å². The topological polar surface area (TPSA) is 84.5 Å². The molecule has 0 saturated carbocycles. The lowest BCUT2D eigenvalue weighted by Crippen LogP contribution is -1.99. The molecule has 0 fully saturated rings. The minimum atomic E-state index is -3.22. The maximum absolute atomic E-state index is 11.6. The van der Waals surface area contributed by atoms with Crippen molar-refractivity contribution in [3.8, 4) is 23.1 Å². The molecule has 0 bridgehead atoms. The molecule has 0 amide bonds. The lowest BCUT2D eigenvalue weighted by Gasteiger charge is -2.10. The molecule has 0 radical (unpaired) electrons. The van der Waals surface area contributed by atoms with Crippen LogP contribution in [0.3, 0.4) is 0 Å². The molecule has 2 heterocycles. The molecule has 6 nitrogen and oxygen atoms in total. The molecule has 4 rings (SSSR count). The third kappa shape index (κ3) is 4.16.